The highest BCUT2D eigenvalue weighted by molar-refractivity contribution is 7.08. The Morgan fingerprint density at radius 3 is 3.05 bits per heavy atom. The Balaban J connectivity index is 1.83. The van der Waals surface area contributed by atoms with E-state index < -0.39 is 0 Å². The third-order valence-electron chi connectivity index (χ3n) is 3.53. The van der Waals surface area contributed by atoms with Crippen molar-refractivity contribution in [2.24, 2.45) is 0 Å². The van der Waals surface area contributed by atoms with Crippen molar-refractivity contribution >= 4 is 17.2 Å². The first-order valence-corrected chi connectivity index (χ1v) is 7.77. The third kappa shape index (κ3) is 2.35. The van der Waals surface area contributed by atoms with Gasteiger partial charge in [0.25, 0.3) is 5.91 Å². The van der Waals surface area contributed by atoms with Gasteiger partial charge in [-0.25, -0.2) is 0 Å². The molecule has 0 spiro atoms. The van der Waals surface area contributed by atoms with E-state index in [4.69, 9.17) is 4.52 Å². The molecule has 0 unspecified atom stereocenters. The number of carbonyl (C=O) groups excluding carboxylic acids is 1. The highest BCUT2D eigenvalue weighted by atomic mass is 32.1. The van der Waals surface area contributed by atoms with Gasteiger partial charge in [0, 0.05) is 17.8 Å². The number of hydrogen-bond acceptors (Lipinski definition) is 5. The molecule has 2 aromatic heterocycles. The number of amides is 1. The van der Waals surface area contributed by atoms with Gasteiger partial charge in [0.2, 0.25) is 5.89 Å². The lowest BCUT2D eigenvalue weighted by molar-refractivity contribution is 0.0729. The summed E-state index contributed by atoms with van der Waals surface area (Å²) in [6.07, 6.45) is 1.87. The molecule has 3 rings (SSSR count). The minimum atomic E-state index is -0.0568. The first kappa shape index (κ1) is 13.3. The Kier molecular flexibility index (Phi) is 3.56. The molecule has 20 heavy (non-hydrogen) atoms. The van der Waals surface area contributed by atoms with Crippen LogP contribution in [0.5, 0.6) is 0 Å². The predicted molar refractivity (Wildman–Crippen MR) is 75.7 cm³/mol. The summed E-state index contributed by atoms with van der Waals surface area (Å²) in [5, 5.41) is 7.86. The maximum absolute atomic E-state index is 12.5. The standard InChI is InChI=1S/C14H17N3O2S/c1-9(2)13-15-12(16-19-13)11-4-3-6-17(11)14(18)10-5-7-20-8-10/h5,7-9,11H,3-4,6H2,1-2H3/t11-/m1/s1. The van der Waals surface area contributed by atoms with Crippen molar-refractivity contribution < 1.29 is 9.32 Å². The summed E-state index contributed by atoms with van der Waals surface area (Å²) in [6, 6.07) is 1.80. The van der Waals surface area contributed by atoms with Gasteiger partial charge in [-0.2, -0.15) is 16.3 Å². The molecule has 1 atom stereocenters. The summed E-state index contributed by atoms with van der Waals surface area (Å²) in [5.41, 5.74) is 0.745. The molecule has 3 heterocycles. The molecular weight excluding hydrogens is 274 g/mol. The average molecular weight is 291 g/mol. The lowest BCUT2D eigenvalue weighted by Crippen LogP contribution is -2.30. The van der Waals surface area contributed by atoms with Crippen LogP contribution < -0.4 is 0 Å². The number of likely N-dealkylation sites (tertiary alicyclic amines) is 1. The summed E-state index contributed by atoms with van der Waals surface area (Å²) in [5.74, 6) is 1.54. The fraction of sp³-hybridized carbons (Fsp3) is 0.500. The second-order valence-electron chi connectivity index (χ2n) is 5.31. The molecule has 1 fully saturated rings. The van der Waals surface area contributed by atoms with Crippen LogP contribution in [0.1, 0.15) is 60.7 Å². The summed E-state index contributed by atoms with van der Waals surface area (Å²) in [4.78, 5) is 18.8. The molecule has 1 saturated heterocycles. The summed E-state index contributed by atoms with van der Waals surface area (Å²) in [7, 11) is 0. The van der Waals surface area contributed by atoms with Gasteiger partial charge in [0.1, 0.15) is 0 Å². The Morgan fingerprint density at radius 1 is 1.55 bits per heavy atom. The highest BCUT2D eigenvalue weighted by Gasteiger charge is 2.34. The second-order valence-corrected chi connectivity index (χ2v) is 6.09. The zero-order valence-corrected chi connectivity index (χ0v) is 12.4. The first-order valence-electron chi connectivity index (χ1n) is 6.83. The largest absolute Gasteiger partial charge is 0.339 e. The van der Waals surface area contributed by atoms with Crippen LogP contribution in [0.3, 0.4) is 0 Å². The minimum absolute atomic E-state index is 0.0568. The van der Waals surface area contributed by atoms with Crippen LogP contribution in [0.2, 0.25) is 0 Å². The molecule has 0 N–H and O–H groups in total. The monoisotopic (exact) mass is 291 g/mol. The molecule has 0 bridgehead atoms. The van der Waals surface area contributed by atoms with Crippen LogP contribution in [-0.4, -0.2) is 27.5 Å². The van der Waals surface area contributed by atoms with Crippen LogP contribution >= 0.6 is 11.3 Å². The lowest BCUT2D eigenvalue weighted by atomic mass is 10.2. The molecule has 0 aromatic carbocycles. The van der Waals surface area contributed by atoms with Crippen LogP contribution in [0.25, 0.3) is 0 Å². The van der Waals surface area contributed by atoms with Gasteiger partial charge in [0.05, 0.1) is 11.6 Å². The van der Waals surface area contributed by atoms with E-state index in [2.05, 4.69) is 10.1 Å². The number of nitrogens with zero attached hydrogens (tertiary/aromatic N) is 3. The third-order valence-corrected chi connectivity index (χ3v) is 4.21. The zero-order chi connectivity index (χ0) is 14.1. The molecule has 6 heteroatoms. The number of thiophene rings is 1. The quantitative estimate of drug-likeness (QED) is 0.871. The molecule has 106 valence electrons. The molecule has 1 amide bonds. The van der Waals surface area contributed by atoms with Crippen molar-refractivity contribution in [1.29, 1.82) is 0 Å². The van der Waals surface area contributed by atoms with Crippen molar-refractivity contribution in [1.82, 2.24) is 15.0 Å². The fourth-order valence-electron chi connectivity index (χ4n) is 2.45. The van der Waals surface area contributed by atoms with Crippen molar-refractivity contribution in [3.05, 3.63) is 34.1 Å². The number of hydrogen-bond donors (Lipinski definition) is 0. The van der Waals surface area contributed by atoms with Crippen LogP contribution in [0.4, 0.5) is 0 Å². The summed E-state index contributed by atoms with van der Waals surface area (Å²) < 4.78 is 5.26. The van der Waals surface area contributed by atoms with E-state index in [-0.39, 0.29) is 17.9 Å². The van der Waals surface area contributed by atoms with Crippen LogP contribution in [-0.2, 0) is 0 Å². The zero-order valence-electron chi connectivity index (χ0n) is 11.6. The molecule has 0 radical (unpaired) electrons. The number of carbonyl (C=O) groups is 1. The Bertz CT molecular complexity index is 591. The first-order chi connectivity index (χ1) is 9.66. The maximum atomic E-state index is 12.5. The van der Waals surface area contributed by atoms with Gasteiger partial charge >= 0.3 is 0 Å². The van der Waals surface area contributed by atoms with Gasteiger partial charge in [-0.3, -0.25) is 4.79 Å². The van der Waals surface area contributed by atoms with E-state index in [9.17, 15) is 4.79 Å². The van der Waals surface area contributed by atoms with E-state index >= 15 is 0 Å². The van der Waals surface area contributed by atoms with E-state index in [0.717, 1.165) is 24.9 Å². The van der Waals surface area contributed by atoms with Crippen LogP contribution in [0.15, 0.2) is 21.3 Å². The molecule has 2 aromatic rings. The molecular formula is C14H17N3O2S. The molecule has 0 saturated carbocycles. The Labute approximate surface area is 121 Å². The number of aromatic nitrogens is 2. The lowest BCUT2D eigenvalue weighted by Gasteiger charge is -2.21. The van der Waals surface area contributed by atoms with Gasteiger partial charge < -0.3 is 9.42 Å². The van der Waals surface area contributed by atoms with Crippen molar-refractivity contribution in [2.45, 2.75) is 38.6 Å². The summed E-state index contributed by atoms with van der Waals surface area (Å²) >= 11 is 1.53. The van der Waals surface area contributed by atoms with Gasteiger partial charge in [-0.15, -0.1) is 0 Å². The van der Waals surface area contributed by atoms with E-state index in [0.29, 0.717) is 11.7 Å². The Hall–Kier alpha value is -1.69. The number of rotatable bonds is 3. The van der Waals surface area contributed by atoms with Crippen molar-refractivity contribution in [2.75, 3.05) is 6.54 Å². The molecule has 0 aliphatic carbocycles. The van der Waals surface area contributed by atoms with E-state index in [1.165, 1.54) is 11.3 Å². The fourth-order valence-corrected chi connectivity index (χ4v) is 3.08. The SMILES string of the molecule is CC(C)c1nc([C@H]2CCCN2C(=O)c2ccsc2)no1. The minimum Gasteiger partial charge on any atom is -0.339 e. The van der Waals surface area contributed by atoms with E-state index in [1.54, 1.807) is 0 Å². The van der Waals surface area contributed by atoms with Crippen molar-refractivity contribution in [3.8, 4) is 0 Å². The van der Waals surface area contributed by atoms with E-state index in [1.807, 2.05) is 35.6 Å². The highest BCUT2D eigenvalue weighted by Crippen LogP contribution is 2.32. The van der Waals surface area contributed by atoms with Gasteiger partial charge in [-0.05, 0) is 24.3 Å². The van der Waals surface area contributed by atoms with Crippen molar-refractivity contribution in [3.63, 3.8) is 0 Å². The molecule has 5 nitrogen and oxygen atoms in total. The van der Waals surface area contributed by atoms with Crippen LogP contribution in [0, 0.1) is 0 Å². The normalized spacial score (nSPS) is 18.9. The smallest absolute Gasteiger partial charge is 0.255 e. The van der Waals surface area contributed by atoms with Gasteiger partial charge in [0.15, 0.2) is 5.82 Å². The average Bonchev–Trinajstić information content (AvgIpc) is 3.17. The molecule has 1 aliphatic heterocycles. The second kappa shape index (κ2) is 5.36. The molecule has 1 aliphatic rings. The Morgan fingerprint density at radius 2 is 2.40 bits per heavy atom. The predicted octanol–water partition coefficient (Wildman–Crippen LogP) is 3.23. The topological polar surface area (TPSA) is 59.2 Å². The summed E-state index contributed by atoms with van der Waals surface area (Å²) in [6.45, 7) is 4.78. The maximum Gasteiger partial charge on any atom is 0.255 e. The van der Waals surface area contributed by atoms with Gasteiger partial charge in [-0.1, -0.05) is 19.0 Å².